The van der Waals surface area contributed by atoms with E-state index in [4.69, 9.17) is 10.7 Å². The summed E-state index contributed by atoms with van der Waals surface area (Å²) in [5.41, 5.74) is 14.5. The molecule has 0 fully saturated rings. The van der Waals surface area contributed by atoms with Crippen molar-refractivity contribution in [3.63, 3.8) is 0 Å². The number of aromatic nitrogens is 6. The van der Waals surface area contributed by atoms with Crippen molar-refractivity contribution >= 4 is 22.7 Å². The third-order valence-electron chi connectivity index (χ3n) is 7.18. The van der Waals surface area contributed by atoms with E-state index in [0.29, 0.717) is 29.8 Å². The van der Waals surface area contributed by atoms with Crippen LogP contribution in [0.15, 0.2) is 84.9 Å². The third-order valence-corrected chi connectivity index (χ3v) is 7.18. The minimum Gasteiger partial charge on any atom is -0.478 e. The van der Waals surface area contributed by atoms with Crippen LogP contribution >= 0.6 is 0 Å². The number of hydrogen-bond donors (Lipinski definition) is 3. The van der Waals surface area contributed by atoms with Crippen LogP contribution in [0.4, 0.5) is 5.69 Å². The first-order chi connectivity index (χ1) is 19.5. The van der Waals surface area contributed by atoms with Crippen molar-refractivity contribution in [2.24, 2.45) is 0 Å². The maximum absolute atomic E-state index is 12.1. The van der Waals surface area contributed by atoms with Crippen LogP contribution in [-0.2, 0) is 19.4 Å². The number of imidazole rings is 1. The first-order valence-electron chi connectivity index (χ1n) is 13.0. The summed E-state index contributed by atoms with van der Waals surface area (Å²) < 4.78 is 2.03. The fraction of sp³-hybridized carbons (Fsp3) is 0.129. The second-order valence-electron chi connectivity index (χ2n) is 9.76. The van der Waals surface area contributed by atoms with Gasteiger partial charge in [-0.1, -0.05) is 66.7 Å². The molecule has 0 atom stereocenters. The van der Waals surface area contributed by atoms with Gasteiger partial charge in [0.05, 0.1) is 16.6 Å². The zero-order valence-electron chi connectivity index (χ0n) is 21.9. The lowest BCUT2D eigenvalue weighted by Crippen LogP contribution is -2.09. The summed E-state index contributed by atoms with van der Waals surface area (Å²) in [6, 6.07) is 27.5. The highest BCUT2D eigenvalue weighted by Gasteiger charge is 2.18. The minimum absolute atomic E-state index is 0.237. The molecular formula is C31H27N7O2. The summed E-state index contributed by atoms with van der Waals surface area (Å²) in [6.07, 6.45) is 1.38. The Morgan fingerprint density at radius 1 is 0.925 bits per heavy atom. The van der Waals surface area contributed by atoms with E-state index in [-0.39, 0.29) is 5.56 Å². The Bertz CT molecular complexity index is 1820. The third kappa shape index (κ3) is 4.80. The molecule has 0 spiro atoms. The second-order valence-corrected chi connectivity index (χ2v) is 9.76. The van der Waals surface area contributed by atoms with Gasteiger partial charge in [-0.25, -0.2) is 9.78 Å². The monoisotopic (exact) mass is 529 g/mol. The number of aryl methyl sites for hydroxylation is 3. The van der Waals surface area contributed by atoms with Crippen molar-refractivity contribution in [2.75, 3.05) is 5.73 Å². The number of carboxylic acid groups (broad SMARTS) is 1. The van der Waals surface area contributed by atoms with Gasteiger partial charge in [-0.2, -0.15) is 5.21 Å². The van der Waals surface area contributed by atoms with Gasteiger partial charge in [0.15, 0.2) is 0 Å². The van der Waals surface area contributed by atoms with E-state index in [1.807, 2.05) is 54.0 Å². The van der Waals surface area contributed by atoms with E-state index >= 15 is 0 Å². The number of nitrogens with one attached hydrogen (secondary N) is 1. The predicted octanol–water partition coefficient (Wildman–Crippen LogP) is 5.31. The molecule has 198 valence electrons. The van der Waals surface area contributed by atoms with E-state index in [2.05, 4.69) is 51.0 Å². The SMILES string of the molecule is Cc1ccc(CCc2nc3cccc(C(=O)O)c3n2Cc2ccc(-c3ccccc3-c3nn[nH]n3)cc2)cc1N. The quantitative estimate of drug-likeness (QED) is 0.228. The number of anilines is 1. The molecule has 0 amide bonds. The molecule has 0 aliphatic rings. The number of H-pyrrole nitrogens is 1. The van der Waals surface area contributed by atoms with E-state index in [1.165, 1.54) is 0 Å². The number of nitrogens with zero attached hydrogens (tertiary/aromatic N) is 5. The second kappa shape index (κ2) is 10.5. The van der Waals surface area contributed by atoms with Crippen LogP contribution in [0.25, 0.3) is 33.5 Å². The summed E-state index contributed by atoms with van der Waals surface area (Å²) in [5, 5.41) is 24.4. The molecule has 2 heterocycles. The standard InChI is InChI=1S/C31H27N7O2/c1-19-9-10-20(17-26(19)32)13-16-28-33-27-8-4-7-25(31(39)40)29(27)38(28)18-21-11-14-22(15-12-21)23-5-2-3-6-24(23)30-34-36-37-35-30/h2-12,14-15,17H,13,16,18,32H2,1H3,(H,39,40)(H,34,35,36,37). The smallest absolute Gasteiger partial charge is 0.337 e. The van der Waals surface area contributed by atoms with Gasteiger partial charge in [0.1, 0.15) is 5.82 Å². The van der Waals surface area contributed by atoms with Gasteiger partial charge >= 0.3 is 5.97 Å². The van der Waals surface area contributed by atoms with E-state index < -0.39 is 5.97 Å². The number of carboxylic acids is 1. The van der Waals surface area contributed by atoms with Gasteiger partial charge in [0.2, 0.25) is 5.82 Å². The Labute approximate surface area is 230 Å². The molecule has 4 N–H and O–H groups in total. The molecule has 0 radical (unpaired) electrons. The number of benzene rings is 4. The topological polar surface area (TPSA) is 136 Å². The molecule has 0 aliphatic carbocycles. The molecule has 4 aromatic carbocycles. The maximum Gasteiger partial charge on any atom is 0.337 e. The average molecular weight is 530 g/mol. The van der Waals surface area contributed by atoms with Gasteiger partial charge in [-0.3, -0.25) is 0 Å². The van der Waals surface area contributed by atoms with Crippen LogP contribution in [0.5, 0.6) is 0 Å². The van der Waals surface area contributed by atoms with Gasteiger partial charge in [-0.15, -0.1) is 10.2 Å². The highest BCUT2D eigenvalue weighted by atomic mass is 16.4. The Balaban J connectivity index is 1.35. The number of hydrogen-bond acceptors (Lipinski definition) is 6. The zero-order chi connectivity index (χ0) is 27.6. The Morgan fingerprint density at radius 2 is 1.70 bits per heavy atom. The first kappa shape index (κ1) is 25.0. The number of para-hydroxylation sites is 1. The lowest BCUT2D eigenvalue weighted by atomic mass is 9.98. The molecule has 0 saturated carbocycles. The lowest BCUT2D eigenvalue weighted by molar-refractivity contribution is 0.0698. The van der Waals surface area contributed by atoms with Crippen molar-refractivity contribution in [3.8, 4) is 22.5 Å². The van der Waals surface area contributed by atoms with Crippen molar-refractivity contribution in [2.45, 2.75) is 26.3 Å². The molecule has 6 aromatic rings. The van der Waals surface area contributed by atoms with Crippen LogP contribution in [0.1, 0.15) is 32.9 Å². The first-order valence-corrected chi connectivity index (χ1v) is 13.0. The van der Waals surface area contributed by atoms with Crippen LogP contribution in [0.3, 0.4) is 0 Å². The van der Waals surface area contributed by atoms with E-state index in [9.17, 15) is 9.90 Å². The number of carbonyl (C=O) groups is 1. The lowest BCUT2D eigenvalue weighted by Gasteiger charge is -2.13. The molecule has 40 heavy (non-hydrogen) atoms. The number of fused-ring (bicyclic) bond motifs is 1. The molecule has 6 rings (SSSR count). The number of aromatic carboxylic acids is 1. The van der Waals surface area contributed by atoms with Crippen molar-refractivity contribution in [3.05, 3.63) is 113 Å². The van der Waals surface area contributed by atoms with Gasteiger partial charge in [-0.05, 0) is 64.6 Å². The van der Waals surface area contributed by atoms with Gasteiger partial charge < -0.3 is 15.4 Å². The summed E-state index contributed by atoms with van der Waals surface area (Å²) in [4.78, 5) is 17.0. The van der Waals surface area contributed by atoms with Gasteiger partial charge in [0.25, 0.3) is 0 Å². The summed E-state index contributed by atoms with van der Waals surface area (Å²) in [6.45, 7) is 2.47. The normalized spacial score (nSPS) is 11.2. The largest absolute Gasteiger partial charge is 0.478 e. The maximum atomic E-state index is 12.1. The molecule has 0 saturated heterocycles. The van der Waals surface area contributed by atoms with E-state index in [1.54, 1.807) is 12.1 Å². The molecule has 9 heteroatoms. The predicted molar refractivity (Wildman–Crippen MR) is 154 cm³/mol. The number of nitrogen functional groups attached to an aromatic ring is 1. The van der Waals surface area contributed by atoms with Crippen molar-refractivity contribution in [1.82, 2.24) is 30.2 Å². The highest BCUT2D eigenvalue weighted by Crippen LogP contribution is 2.30. The molecule has 0 aliphatic heterocycles. The number of aromatic amines is 1. The van der Waals surface area contributed by atoms with Crippen LogP contribution in [-0.4, -0.2) is 41.3 Å². The Kier molecular flexibility index (Phi) is 6.53. The fourth-order valence-electron chi connectivity index (χ4n) is 5.05. The number of rotatable bonds is 8. The summed E-state index contributed by atoms with van der Waals surface area (Å²) in [5.74, 6) is 0.387. The molecule has 2 aromatic heterocycles. The fourth-order valence-corrected chi connectivity index (χ4v) is 5.05. The number of nitrogens with two attached hydrogens (primary N) is 1. The van der Waals surface area contributed by atoms with Crippen LogP contribution in [0.2, 0.25) is 0 Å². The molecule has 9 nitrogen and oxygen atoms in total. The Morgan fingerprint density at radius 3 is 2.42 bits per heavy atom. The van der Waals surface area contributed by atoms with Crippen LogP contribution in [0, 0.1) is 6.92 Å². The summed E-state index contributed by atoms with van der Waals surface area (Å²) in [7, 11) is 0. The zero-order valence-corrected chi connectivity index (χ0v) is 21.9. The minimum atomic E-state index is -0.974. The Hall–Kier alpha value is -5.31. The average Bonchev–Trinajstić information content (AvgIpc) is 3.63. The van der Waals surface area contributed by atoms with E-state index in [0.717, 1.165) is 51.3 Å². The van der Waals surface area contributed by atoms with Crippen molar-refractivity contribution < 1.29 is 9.90 Å². The molecular weight excluding hydrogens is 502 g/mol. The summed E-state index contributed by atoms with van der Waals surface area (Å²) >= 11 is 0. The highest BCUT2D eigenvalue weighted by molar-refractivity contribution is 6.01. The van der Waals surface area contributed by atoms with Gasteiger partial charge in [0, 0.05) is 24.2 Å². The number of tetrazole rings is 1. The molecule has 0 bridgehead atoms. The molecule has 0 unspecified atom stereocenters. The van der Waals surface area contributed by atoms with Crippen LogP contribution < -0.4 is 5.73 Å². The van der Waals surface area contributed by atoms with Crippen molar-refractivity contribution in [1.29, 1.82) is 0 Å².